The van der Waals surface area contributed by atoms with Crippen molar-refractivity contribution in [1.82, 2.24) is 0 Å². The molecule has 1 aliphatic heterocycles. The summed E-state index contributed by atoms with van der Waals surface area (Å²) in [5.41, 5.74) is 3.47. The maximum absolute atomic E-state index is 12.9. The van der Waals surface area contributed by atoms with E-state index in [1.54, 1.807) is 17.0 Å². The van der Waals surface area contributed by atoms with E-state index in [0.29, 0.717) is 25.1 Å². The molecule has 5 heteroatoms. The first-order valence-corrected chi connectivity index (χ1v) is 7.99. The van der Waals surface area contributed by atoms with Gasteiger partial charge in [-0.25, -0.2) is 4.39 Å². The third-order valence-corrected chi connectivity index (χ3v) is 4.15. The highest BCUT2D eigenvalue weighted by molar-refractivity contribution is 6.02. The normalized spacial score (nSPS) is 12.8. The number of hydrogen-bond acceptors (Lipinski definition) is 2. The molecule has 4 nitrogen and oxygen atoms in total. The predicted molar refractivity (Wildman–Crippen MR) is 91.5 cm³/mol. The summed E-state index contributed by atoms with van der Waals surface area (Å²) in [6.45, 7) is 2.07. The van der Waals surface area contributed by atoms with Crippen LogP contribution in [0.1, 0.15) is 24.5 Å². The van der Waals surface area contributed by atoms with Crippen molar-refractivity contribution >= 4 is 23.2 Å². The summed E-state index contributed by atoms with van der Waals surface area (Å²) in [7, 11) is 0. The topological polar surface area (TPSA) is 49.4 Å². The van der Waals surface area contributed by atoms with E-state index in [2.05, 4.69) is 5.32 Å². The van der Waals surface area contributed by atoms with E-state index in [1.165, 1.54) is 19.1 Å². The molecule has 124 valence electrons. The number of fused-ring (bicyclic) bond motifs is 1. The molecule has 0 saturated carbocycles. The van der Waals surface area contributed by atoms with Gasteiger partial charge in [0, 0.05) is 19.9 Å². The molecule has 0 aromatic heterocycles. The minimum absolute atomic E-state index is 0.0101. The van der Waals surface area contributed by atoms with Gasteiger partial charge in [-0.2, -0.15) is 0 Å². The van der Waals surface area contributed by atoms with Gasteiger partial charge in [-0.05, 0) is 42.2 Å². The SMILES string of the molecule is CC(=O)Nc1cccc2c1N(C(=O)CCc1ccc(F)cc1)CC2. The van der Waals surface area contributed by atoms with Crippen LogP contribution in [0, 0.1) is 5.82 Å². The van der Waals surface area contributed by atoms with E-state index in [9.17, 15) is 14.0 Å². The Kier molecular flexibility index (Phi) is 4.60. The number of aryl methyl sites for hydroxylation is 1. The summed E-state index contributed by atoms with van der Waals surface area (Å²) in [5, 5.41) is 2.80. The Morgan fingerprint density at radius 2 is 1.92 bits per heavy atom. The second kappa shape index (κ2) is 6.83. The van der Waals surface area contributed by atoms with Crippen molar-refractivity contribution in [2.24, 2.45) is 0 Å². The van der Waals surface area contributed by atoms with Gasteiger partial charge in [0.1, 0.15) is 5.82 Å². The van der Waals surface area contributed by atoms with E-state index >= 15 is 0 Å². The Labute approximate surface area is 140 Å². The fraction of sp³-hybridized carbons (Fsp3) is 0.263. The van der Waals surface area contributed by atoms with Gasteiger partial charge in [0.15, 0.2) is 0 Å². The maximum Gasteiger partial charge on any atom is 0.227 e. The number of halogens is 1. The number of benzene rings is 2. The Morgan fingerprint density at radius 1 is 1.17 bits per heavy atom. The number of carbonyl (C=O) groups is 2. The van der Waals surface area contributed by atoms with Crippen LogP contribution in [-0.4, -0.2) is 18.4 Å². The minimum atomic E-state index is -0.279. The number of nitrogens with zero attached hydrogens (tertiary/aromatic N) is 1. The van der Waals surface area contributed by atoms with E-state index in [4.69, 9.17) is 0 Å². The molecule has 1 aliphatic rings. The Hall–Kier alpha value is -2.69. The molecule has 2 aromatic rings. The second-order valence-corrected chi connectivity index (χ2v) is 5.92. The zero-order valence-corrected chi connectivity index (χ0v) is 13.5. The van der Waals surface area contributed by atoms with Crippen molar-refractivity contribution in [3.63, 3.8) is 0 Å². The molecule has 24 heavy (non-hydrogen) atoms. The van der Waals surface area contributed by atoms with Crippen molar-refractivity contribution in [2.45, 2.75) is 26.2 Å². The van der Waals surface area contributed by atoms with Gasteiger partial charge in [-0.15, -0.1) is 0 Å². The fourth-order valence-corrected chi connectivity index (χ4v) is 3.03. The molecule has 2 amide bonds. The van der Waals surface area contributed by atoms with Gasteiger partial charge in [-0.1, -0.05) is 24.3 Å². The third-order valence-electron chi connectivity index (χ3n) is 4.15. The van der Waals surface area contributed by atoms with Gasteiger partial charge in [0.25, 0.3) is 0 Å². The van der Waals surface area contributed by atoms with Gasteiger partial charge < -0.3 is 10.2 Å². The molecule has 3 rings (SSSR count). The van der Waals surface area contributed by atoms with Crippen LogP contribution in [-0.2, 0) is 22.4 Å². The molecule has 0 atom stereocenters. The van der Waals surface area contributed by atoms with E-state index in [1.807, 2.05) is 18.2 Å². The number of rotatable bonds is 4. The molecule has 0 aliphatic carbocycles. The Balaban J connectivity index is 1.74. The molecule has 1 heterocycles. The van der Waals surface area contributed by atoms with Crippen LogP contribution in [0.25, 0.3) is 0 Å². The summed E-state index contributed by atoms with van der Waals surface area (Å²) >= 11 is 0. The van der Waals surface area contributed by atoms with Crippen LogP contribution in [0.15, 0.2) is 42.5 Å². The highest BCUT2D eigenvalue weighted by Crippen LogP contribution is 2.36. The highest BCUT2D eigenvalue weighted by Gasteiger charge is 2.27. The van der Waals surface area contributed by atoms with Gasteiger partial charge in [0.2, 0.25) is 11.8 Å². The monoisotopic (exact) mass is 326 g/mol. The molecule has 1 N–H and O–H groups in total. The second-order valence-electron chi connectivity index (χ2n) is 5.92. The van der Waals surface area contributed by atoms with Crippen LogP contribution in [0.5, 0.6) is 0 Å². The first kappa shape index (κ1) is 16.2. The van der Waals surface area contributed by atoms with Crippen molar-refractivity contribution in [3.8, 4) is 0 Å². The molecular formula is C19H19FN2O2. The number of anilines is 2. The summed E-state index contributed by atoms with van der Waals surface area (Å²) in [6, 6.07) is 11.9. The lowest BCUT2D eigenvalue weighted by Gasteiger charge is -2.20. The largest absolute Gasteiger partial charge is 0.325 e. The van der Waals surface area contributed by atoms with Gasteiger partial charge >= 0.3 is 0 Å². The van der Waals surface area contributed by atoms with Crippen LogP contribution in [0.4, 0.5) is 15.8 Å². The summed E-state index contributed by atoms with van der Waals surface area (Å²) < 4.78 is 12.9. The number of nitrogens with one attached hydrogen (secondary N) is 1. The van der Waals surface area contributed by atoms with Crippen molar-refractivity contribution in [1.29, 1.82) is 0 Å². The van der Waals surface area contributed by atoms with E-state index in [0.717, 1.165) is 23.2 Å². The standard InChI is InChI=1S/C19H19FN2O2/c1-13(23)21-17-4-2-3-15-11-12-22(19(15)17)18(24)10-7-14-5-8-16(20)9-6-14/h2-6,8-9H,7,10-12H2,1H3,(H,21,23). The molecule has 0 fully saturated rings. The zero-order valence-electron chi connectivity index (χ0n) is 13.5. The summed E-state index contributed by atoms with van der Waals surface area (Å²) in [6.07, 6.45) is 1.69. The van der Waals surface area contributed by atoms with Crippen LogP contribution >= 0.6 is 0 Å². The quantitative estimate of drug-likeness (QED) is 0.937. The van der Waals surface area contributed by atoms with Crippen LogP contribution in [0.2, 0.25) is 0 Å². The minimum Gasteiger partial charge on any atom is -0.325 e. The lowest BCUT2D eigenvalue weighted by molar-refractivity contribution is -0.118. The highest BCUT2D eigenvalue weighted by atomic mass is 19.1. The first-order chi connectivity index (χ1) is 11.5. The molecule has 0 saturated heterocycles. The van der Waals surface area contributed by atoms with Crippen LogP contribution in [0.3, 0.4) is 0 Å². The Bertz CT molecular complexity index is 771. The molecule has 0 unspecified atom stereocenters. The van der Waals surface area contributed by atoms with E-state index in [-0.39, 0.29) is 17.6 Å². The molecule has 0 spiro atoms. The molecule has 0 bridgehead atoms. The first-order valence-electron chi connectivity index (χ1n) is 7.99. The maximum atomic E-state index is 12.9. The van der Waals surface area contributed by atoms with Gasteiger partial charge in [0.05, 0.1) is 11.4 Å². The van der Waals surface area contributed by atoms with E-state index < -0.39 is 0 Å². The summed E-state index contributed by atoms with van der Waals surface area (Å²) in [4.78, 5) is 25.7. The predicted octanol–water partition coefficient (Wildman–Crippen LogP) is 3.31. The molecular weight excluding hydrogens is 307 g/mol. The molecule has 0 radical (unpaired) electrons. The number of carbonyl (C=O) groups excluding carboxylic acids is 2. The lowest BCUT2D eigenvalue weighted by atomic mass is 10.1. The lowest BCUT2D eigenvalue weighted by Crippen LogP contribution is -2.30. The zero-order chi connectivity index (χ0) is 17.1. The van der Waals surface area contributed by atoms with Crippen LogP contribution < -0.4 is 10.2 Å². The fourth-order valence-electron chi connectivity index (χ4n) is 3.03. The molecule has 2 aromatic carbocycles. The number of amides is 2. The van der Waals surface area contributed by atoms with Gasteiger partial charge in [-0.3, -0.25) is 9.59 Å². The van der Waals surface area contributed by atoms with Crippen molar-refractivity contribution in [2.75, 3.05) is 16.8 Å². The third kappa shape index (κ3) is 3.45. The number of hydrogen-bond donors (Lipinski definition) is 1. The summed E-state index contributed by atoms with van der Waals surface area (Å²) in [5.74, 6) is -0.427. The van der Waals surface area contributed by atoms with Crippen molar-refractivity contribution < 1.29 is 14.0 Å². The van der Waals surface area contributed by atoms with Crippen molar-refractivity contribution in [3.05, 3.63) is 59.4 Å². The average Bonchev–Trinajstić information content (AvgIpc) is 2.99. The smallest absolute Gasteiger partial charge is 0.227 e. The average molecular weight is 326 g/mol. The Morgan fingerprint density at radius 3 is 2.62 bits per heavy atom. The number of para-hydroxylation sites is 1.